The minimum Gasteiger partial charge on any atom is -0.459 e. The fourth-order valence-electron chi connectivity index (χ4n) is 1.26. The lowest BCUT2D eigenvalue weighted by Gasteiger charge is -2.07. The predicted molar refractivity (Wildman–Crippen MR) is 63.6 cm³/mol. The third-order valence-corrected chi connectivity index (χ3v) is 2.84. The Morgan fingerprint density at radius 3 is 3.06 bits per heavy atom. The summed E-state index contributed by atoms with van der Waals surface area (Å²) in [4.78, 5) is 11.8. The van der Waals surface area contributed by atoms with Crippen LogP contribution in [0.2, 0.25) is 0 Å². The minimum atomic E-state index is -0.323. The minimum absolute atomic E-state index is 0.255. The van der Waals surface area contributed by atoms with Crippen LogP contribution in [0.25, 0.3) is 0 Å². The van der Waals surface area contributed by atoms with Gasteiger partial charge in [0.05, 0.1) is 6.26 Å². The Morgan fingerprint density at radius 1 is 1.59 bits per heavy atom. The van der Waals surface area contributed by atoms with Crippen molar-refractivity contribution in [2.75, 3.05) is 11.2 Å². The molecular weight excluding hydrogens is 240 g/mol. The fourth-order valence-corrected chi connectivity index (χ4v) is 1.92. The summed E-state index contributed by atoms with van der Waals surface area (Å²) < 4.78 is 6.57. The van der Waals surface area contributed by atoms with Gasteiger partial charge >= 0.3 is 5.91 Å². The van der Waals surface area contributed by atoms with Crippen molar-refractivity contribution in [3.8, 4) is 0 Å². The van der Waals surface area contributed by atoms with Crippen LogP contribution in [0, 0.1) is 6.92 Å². The topological polar surface area (TPSA) is 73.0 Å². The first kappa shape index (κ1) is 11.7. The lowest BCUT2D eigenvalue weighted by molar-refractivity contribution is 0.0979. The molecule has 0 saturated carbocycles. The van der Waals surface area contributed by atoms with E-state index in [0.29, 0.717) is 11.0 Å². The predicted octanol–water partition coefficient (Wildman–Crippen LogP) is 1.68. The van der Waals surface area contributed by atoms with Crippen molar-refractivity contribution in [3.63, 3.8) is 0 Å². The molecular formula is C10H12N4O2S. The summed E-state index contributed by atoms with van der Waals surface area (Å²) in [6, 6.07) is 3.26. The molecule has 2 rings (SSSR count). The van der Waals surface area contributed by atoms with E-state index in [2.05, 4.69) is 15.6 Å². The molecule has 7 heteroatoms. The summed E-state index contributed by atoms with van der Waals surface area (Å²) in [5, 5.41) is 8.54. The number of carbonyl (C=O) groups is 1. The summed E-state index contributed by atoms with van der Waals surface area (Å²) in [7, 11) is 0. The molecule has 1 amide bonds. The van der Waals surface area contributed by atoms with Gasteiger partial charge in [0, 0.05) is 0 Å². The van der Waals surface area contributed by atoms with Crippen molar-refractivity contribution in [1.29, 1.82) is 0 Å². The van der Waals surface area contributed by atoms with Crippen LogP contribution >= 0.6 is 11.8 Å². The molecule has 90 valence electrons. The molecule has 0 spiro atoms. The lowest BCUT2D eigenvalue weighted by atomic mass is 10.4. The van der Waals surface area contributed by atoms with Gasteiger partial charge in [-0.1, -0.05) is 18.7 Å². The number of aryl methyl sites for hydroxylation is 1. The zero-order valence-electron chi connectivity index (χ0n) is 9.51. The molecule has 2 aromatic heterocycles. The number of hydrogen-bond donors (Lipinski definition) is 1. The highest BCUT2D eigenvalue weighted by atomic mass is 32.2. The summed E-state index contributed by atoms with van der Waals surface area (Å²) in [5.74, 6) is 1.41. The van der Waals surface area contributed by atoms with Crippen LogP contribution in [-0.2, 0) is 0 Å². The average molecular weight is 252 g/mol. The summed E-state index contributed by atoms with van der Waals surface area (Å²) in [6.45, 7) is 3.78. The zero-order valence-corrected chi connectivity index (χ0v) is 10.3. The first-order valence-electron chi connectivity index (χ1n) is 5.12. The summed E-state index contributed by atoms with van der Waals surface area (Å²) >= 11 is 1.51. The molecule has 0 bridgehead atoms. The standard InChI is InChI=1S/C10H12N4O2S/c1-3-17-10-12-11-7(2)14(10)13-9(15)8-5-4-6-16-8/h4-6H,3H2,1-2H3,(H,13,15). The Bertz CT molecular complexity index is 506. The van der Waals surface area contributed by atoms with Crippen LogP contribution in [0.1, 0.15) is 23.3 Å². The highest BCUT2D eigenvalue weighted by Crippen LogP contribution is 2.14. The lowest BCUT2D eigenvalue weighted by Crippen LogP contribution is -2.24. The van der Waals surface area contributed by atoms with Gasteiger partial charge in [-0.15, -0.1) is 10.2 Å². The third kappa shape index (κ3) is 2.50. The number of hydrogen-bond acceptors (Lipinski definition) is 5. The molecule has 0 atom stereocenters. The van der Waals surface area contributed by atoms with E-state index in [1.54, 1.807) is 23.7 Å². The molecule has 2 heterocycles. The van der Waals surface area contributed by atoms with E-state index >= 15 is 0 Å². The molecule has 0 fully saturated rings. The SMILES string of the molecule is CCSc1nnc(C)n1NC(=O)c1ccco1. The number of carbonyl (C=O) groups excluding carboxylic acids is 1. The third-order valence-electron chi connectivity index (χ3n) is 2.03. The van der Waals surface area contributed by atoms with Crippen molar-refractivity contribution in [3.05, 3.63) is 30.0 Å². The maximum absolute atomic E-state index is 11.8. The number of furan rings is 1. The van der Waals surface area contributed by atoms with E-state index < -0.39 is 0 Å². The van der Waals surface area contributed by atoms with E-state index in [9.17, 15) is 4.79 Å². The number of nitrogens with zero attached hydrogens (tertiary/aromatic N) is 3. The Morgan fingerprint density at radius 2 is 2.41 bits per heavy atom. The molecule has 6 nitrogen and oxygen atoms in total. The van der Waals surface area contributed by atoms with Crippen molar-refractivity contribution in [1.82, 2.24) is 14.9 Å². The van der Waals surface area contributed by atoms with Gasteiger partial charge in [-0.2, -0.15) is 0 Å². The van der Waals surface area contributed by atoms with Crippen molar-refractivity contribution in [2.45, 2.75) is 19.0 Å². The van der Waals surface area contributed by atoms with Crippen LogP contribution in [0.4, 0.5) is 0 Å². The van der Waals surface area contributed by atoms with Crippen LogP contribution in [0.3, 0.4) is 0 Å². The second-order valence-corrected chi connectivity index (χ2v) is 4.45. The largest absolute Gasteiger partial charge is 0.459 e. The molecule has 0 saturated heterocycles. The number of thioether (sulfide) groups is 1. The van der Waals surface area contributed by atoms with E-state index in [-0.39, 0.29) is 11.7 Å². The van der Waals surface area contributed by atoms with Gasteiger partial charge in [0.25, 0.3) is 0 Å². The molecule has 2 aromatic rings. The maximum atomic E-state index is 11.8. The second-order valence-electron chi connectivity index (χ2n) is 3.22. The Balaban J connectivity index is 2.18. The molecule has 0 aliphatic rings. The Labute approximate surface area is 102 Å². The molecule has 1 N–H and O–H groups in total. The number of rotatable bonds is 4. The molecule has 0 aromatic carbocycles. The smallest absolute Gasteiger partial charge is 0.305 e. The Kier molecular flexibility index (Phi) is 3.48. The maximum Gasteiger partial charge on any atom is 0.305 e. The van der Waals surface area contributed by atoms with E-state index in [0.717, 1.165) is 5.75 Å². The zero-order chi connectivity index (χ0) is 12.3. The van der Waals surface area contributed by atoms with E-state index in [4.69, 9.17) is 4.42 Å². The highest BCUT2D eigenvalue weighted by Gasteiger charge is 2.14. The van der Waals surface area contributed by atoms with Crippen molar-refractivity contribution >= 4 is 17.7 Å². The van der Waals surface area contributed by atoms with Crippen LogP contribution < -0.4 is 5.43 Å². The van der Waals surface area contributed by atoms with E-state index in [1.807, 2.05) is 6.92 Å². The average Bonchev–Trinajstić information content (AvgIpc) is 2.93. The Hall–Kier alpha value is -1.76. The number of amides is 1. The van der Waals surface area contributed by atoms with Gasteiger partial charge in [-0.25, -0.2) is 4.68 Å². The molecule has 0 radical (unpaired) electrons. The fraction of sp³-hybridized carbons (Fsp3) is 0.300. The number of aromatic nitrogens is 3. The first-order chi connectivity index (χ1) is 8.22. The van der Waals surface area contributed by atoms with Gasteiger partial charge in [-0.3, -0.25) is 10.2 Å². The number of nitrogens with one attached hydrogen (secondary N) is 1. The van der Waals surface area contributed by atoms with E-state index in [1.165, 1.54) is 18.0 Å². The van der Waals surface area contributed by atoms with Gasteiger partial charge in [-0.05, 0) is 24.8 Å². The molecule has 0 unspecified atom stereocenters. The van der Waals surface area contributed by atoms with Gasteiger partial charge in [0.15, 0.2) is 5.76 Å². The summed E-state index contributed by atoms with van der Waals surface area (Å²) in [6.07, 6.45) is 1.45. The highest BCUT2D eigenvalue weighted by molar-refractivity contribution is 7.99. The molecule has 17 heavy (non-hydrogen) atoms. The van der Waals surface area contributed by atoms with Crippen LogP contribution in [-0.4, -0.2) is 26.5 Å². The molecule has 0 aliphatic carbocycles. The van der Waals surface area contributed by atoms with Crippen molar-refractivity contribution < 1.29 is 9.21 Å². The monoisotopic (exact) mass is 252 g/mol. The summed E-state index contributed by atoms with van der Waals surface area (Å²) in [5.41, 5.74) is 2.68. The normalized spacial score (nSPS) is 10.5. The second kappa shape index (κ2) is 5.05. The molecule has 0 aliphatic heterocycles. The van der Waals surface area contributed by atoms with Crippen molar-refractivity contribution in [2.24, 2.45) is 0 Å². The first-order valence-corrected chi connectivity index (χ1v) is 6.10. The quantitative estimate of drug-likeness (QED) is 0.838. The van der Waals surface area contributed by atoms with Gasteiger partial charge in [0.1, 0.15) is 5.82 Å². The van der Waals surface area contributed by atoms with Gasteiger partial charge < -0.3 is 4.42 Å². The van der Waals surface area contributed by atoms with Crippen LogP contribution in [0.15, 0.2) is 28.0 Å². The van der Waals surface area contributed by atoms with Crippen LogP contribution in [0.5, 0.6) is 0 Å². The van der Waals surface area contributed by atoms with Gasteiger partial charge in [0.2, 0.25) is 5.16 Å².